The van der Waals surface area contributed by atoms with Gasteiger partial charge in [0, 0.05) is 42.6 Å². The summed E-state index contributed by atoms with van der Waals surface area (Å²) in [6, 6.07) is 1.18. The lowest BCUT2D eigenvalue weighted by Crippen LogP contribution is -2.42. The molecule has 2 aromatic rings. The van der Waals surface area contributed by atoms with Crippen LogP contribution in [0.15, 0.2) is 31.0 Å². The van der Waals surface area contributed by atoms with E-state index in [0.717, 1.165) is 24.7 Å². The van der Waals surface area contributed by atoms with Gasteiger partial charge in [-0.05, 0) is 39.7 Å². The zero-order valence-electron chi connectivity index (χ0n) is 14.9. The first-order valence-electron chi connectivity index (χ1n) is 8.54. The van der Waals surface area contributed by atoms with Crippen molar-refractivity contribution in [2.45, 2.75) is 45.1 Å². The van der Waals surface area contributed by atoms with Gasteiger partial charge in [-0.25, -0.2) is 14.2 Å². The largest absolute Gasteiger partial charge is 0.329 e. The molecule has 1 N–H and O–H groups in total. The molecule has 2 aromatic heterocycles. The van der Waals surface area contributed by atoms with Crippen LogP contribution in [0.25, 0.3) is 0 Å². The van der Waals surface area contributed by atoms with Gasteiger partial charge in [0.15, 0.2) is 5.82 Å². The molecule has 1 aliphatic heterocycles. The number of hydrogen-bond acceptors (Lipinski definition) is 3. The Hall–Kier alpha value is -2.44. The normalized spacial score (nSPS) is 18.2. The molecular formula is C18H24FN5O. The number of hydrogen-bond donors (Lipinski definition) is 1. The van der Waals surface area contributed by atoms with Gasteiger partial charge in [0.1, 0.15) is 0 Å². The van der Waals surface area contributed by atoms with E-state index in [4.69, 9.17) is 0 Å². The number of urea groups is 1. The molecule has 0 bridgehead atoms. The van der Waals surface area contributed by atoms with E-state index in [0.29, 0.717) is 13.1 Å². The first kappa shape index (κ1) is 17.4. The van der Waals surface area contributed by atoms with Crippen LogP contribution in [0, 0.1) is 5.82 Å². The SMILES string of the molecule is CC(C)(C)n1cncc1C1CCCN(C(=O)Nc2ccncc2F)C1. The number of rotatable bonds is 2. The fraction of sp³-hybridized carbons (Fsp3) is 0.500. The van der Waals surface area contributed by atoms with E-state index in [1.165, 1.54) is 12.3 Å². The average Bonchev–Trinajstić information content (AvgIpc) is 3.07. The molecule has 0 radical (unpaired) electrons. The third-order valence-electron chi connectivity index (χ3n) is 4.53. The van der Waals surface area contributed by atoms with E-state index in [1.54, 1.807) is 4.90 Å². The highest BCUT2D eigenvalue weighted by Gasteiger charge is 2.29. The standard InChI is InChI=1S/C18H24FN5O/c1-18(2,3)24-12-21-10-16(24)13-5-4-8-23(11-13)17(25)22-15-6-7-20-9-14(15)19/h6-7,9-10,12-13H,4-5,8,11H2,1-3H3,(H,20,22,25). The number of imidazole rings is 1. The first-order valence-corrected chi connectivity index (χ1v) is 8.54. The van der Waals surface area contributed by atoms with Crippen LogP contribution >= 0.6 is 0 Å². The lowest BCUT2D eigenvalue weighted by Gasteiger charge is -2.35. The summed E-state index contributed by atoms with van der Waals surface area (Å²) < 4.78 is 15.9. The molecule has 25 heavy (non-hydrogen) atoms. The van der Waals surface area contributed by atoms with Crippen molar-refractivity contribution in [3.63, 3.8) is 0 Å². The summed E-state index contributed by atoms with van der Waals surface area (Å²) in [5.74, 6) is -0.307. The summed E-state index contributed by atoms with van der Waals surface area (Å²) in [6.07, 6.45) is 8.21. The average molecular weight is 345 g/mol. The topological polar surface area (TPSA) is 63.1 Å². The van der Waals surface area contributed by atoms with E-state index < -0.39 is 5.82 Å². The van der Waals surface area contributed by atoms with Gasteiger partial charge in [-0.1, -0.05) is 0 Å². The molecule has 1 fully saturated rings. The molecule has 2 amide bonds. The number of carbonyl (C=O) groups is 1. The Balaban J connectivity index is 1.72. The number of amides is 2. The van der Waals surface area contributed by atoms with Crippen LogP contribution < -0.4 is 5.32 Å². The molecule has 3 heterocycles. The molecule has 0 saturated carbocycles. The minimum absolute atomic E-state index is 0.0590. The monoisotopic (exact) mass is 345 g/mol. The van der Waals surface area contributed by atoms with Gasteiger partial charge < -0.3 is 14.8 Å². The predicted molar refractivity (Wildman–Crippen MR) is 94.0 cm³/mol. The van der Waals surface area contributed by atoms with E-state index in [-0.39, 0.29) is 23.2 Å². The number of aromatic nitrogens is 3. The second-order valence-electron chi connectivity index (χ2n) is 7.43. The summed E-state index contributed by atoms with van der Waals surface area (Å²) in [5, 5.41) is 2.64. The zero-order chi connectivity index (χ0) is 18.0. The molecule has 0 spiro atoms. The van der Waals surface area contributed by atoms with E-state index in [9.17, 15) is 9.18 Å². The predicted octanol–water partition coefficient (Wildman–Crippen LogP) is 3.58. The Kier molecular flexibility index (Phi) is 4.74. The van der Waals surface area contributed by atoms with Crippen molar-refractivity contribution in [2.24, 2.45) is 0 Å². The van der Waals surface area contributed by atoms with Crippen molar-refractivity contribution in [2.75, 3.05) is 18.4 Å². The Labute approximate surface area is 147 Å². The molecule has 1 unspecified atom stereocenters. The second-order valence-corrected chi connectivity index (χ2v) is 7.43. The first-order chi connectivity index (χ1) is 11.9. The van der Waals surface area contributed by atoms with Crippen molar-refractivity contribution in [1.29, 1.82) is 0 Å². The third-order valence-corrected chi connectivity index (χ3v) is 4.53. The quantitative estimate of drug-likeness (QED) is 0.905. The van der Waals surface area contributed by atoms with E-state index in [2.05, 4.69) is 40.6 Å². The minimum atomic E-state index is -0.532. The van der Waals surface area contributed by atoms with Gasteiger partial charge in [-0.2, -0.15) is 0 Å². The summed E-state index contributed by atoms with van der Waals surface area (Å²) in [6.45, 7) is 7.67. The summed E-state index contributed by atoms with van der Waals surface area (Å²) >= 11 is 0. The fourth-order valence-electron chi connectivity index (χ4n) is 3.24. The van der Waals surface area contributed by atoms with Crippen molar-refractivity contribution >= 4 is 11.7 Å². The number of likely N-dealkylation sites (tertiary alicyclic amines) is 1. The molecule has 6 nitrogen and oxygen atoms in total. The molecular weight excluding hydrogens is 321 g/mol. The van der Waals surface area contributed by atoms with Crippen molar-refractivity contribution in [1.82, 2.24) is 19.4 Å². The molecule has 3 rings (SSSR count). The maximum absolute atomic E-state index is 13.7. The highest BCUT2D eigenvalue weighted by Crippen LogP contribution is 2.30. The number of carbonyl (C=O) groups excluding carboxylic acids is 1. The minimum Gasteiger partial charge on any atom is -0.329 e. The molecule has 0 aromatic carbocycles. The van der Waals surface area contributed by atoms with Crippen LogP contribution in [0.2, 0.25) is 0 Å². The van der Waals surface area contributed by atoms with Crippen molar-refractivity contribution in [3.05, 3.63) is 42.5 Å². The maximum atomic E-state index is 13.7. The number of anilines is 1. The van der Waals surface area contributed by atoms with Gasteiger partial charge in [0.25, 0.3) is 0 Å². The zero-order valence-corrected chi connectivity index (χ0v) is 14.9. The second kappa shape index (κ2) is 6.82. The number of halogens is 1. The van der Waals surface area contributed by atoms with Crippen LogP contribution in [0.4, 0.5) is 14.9 Å². The molecule has 134 valence electrons. The van der Waals surface area contributed by atoms with Crippen LogP contribution in [-0.4, -0.2) is 38.6 Å². The van der Waals surface area contributed by atoms with Crippen molar-refractivity contribution in [3.8, 4) is 0 Å². The van der Waals surface area contributed by atoms with Gasteiger partial charge >= 0.3 is 6.03 Å². The van der Waals surface area contributed by atoms with Crippen LogP contribution in [0.3, 0.4) is 0 Å². The number of pyridine rings is 1. The number of piperidine rings is 1. The molecule has 7 heteroatoms. The lowest BCUT2D eigenvalue weighted by atomic mass is 9.94. The molecule has 1 atom stereocenters. The lowest BCUT2D eigenvalue weighted by molar-refractivity contribution is 0.190. The molecule has 1 saturated heterocycles. The third kappa shape index (κ3) is 3.81. The smallest absolute Gasteiger partial charge is 0.321 e. The molecule has 0 aliphatic carbocycles. The fourth-order valence-corrected chi connectivity index (χ4v) is 3.24. The summed E-state index contributed by atoms with van der Waals surface area (Å²) in [5.41, 5.74) is 1.23. The summed E-state index contributed by atoms with van der Waals surface area (Å²) in [7, 11) is 0. The van der Waals surface area contributed by atoms with E-state index in [1.807, 2.05) is 12.5 Å². The van der Waals surface area contributed by atoms with Crippen molar-refractivity contribution < 1.29 is 9.18 Å². The Morgan fingerprint density at radius 2 is 2.12 bits per heavy atom. The highest BCUT2D eigenvalue weighted by molar-refractivity contribution is 5.89. The van der Waals surface area contributed by atoms with Gasteiger partial charge in [0.05, 0.1) is 18.2 Å². The van der Waals surface area contributed by atoms with Crippen LogP contribution in [-0.2, 0) is 5.54 Å². The number of nitrogens with one attached hydrogen (secondary N) is 1. The molecule has 1 aliphatic rings. The Morgan fingerprint density at radius 1 is 1.32 bits per heavy atom. The van der Waals surface area contributed by atoms with Gasteiger partial charge in [0.2, 0.25) is 0 Å². The summed E-state index contributed by atoms with van der Waals surface area (Å²) in [4.78, 5) is 22.3. The van der Waals surface area contributed by atoms with Crippen LogP contribution in [0.5, 0.6) is 0 Å². The van der Waals surface area contributed by atoms with E-state index >= 15 is 0 Å². The Morgan fingerprint density at radius 3 is 2.84 bits per heavy atom. The maximum Gasteiger partial charge on any atom is 0.321 e. The Bertz CT molecular complexity index is 752. The number of nitrogens with zero attached hydrogens (tertiary/aromatic N) is 4. The van der Waals surface area contributed by atoms with Crippen LogP contribution in [0.1, 0.15) is 45.2 Å². The van der Waals surface area contributed by atoms with Gasteiger partial charge in [-0.3, -0.25) is 4.98 Å². The highest BCUT2D eigenvalue weighted by atomic mass is 19.1. The van der Waals surface area contributed by atoms with Gasteiger partial charge in [-0.15, -0.1) is 0 Å².